The van der Waals surface area contributed by atoms with Crippen molar-refractivity contribution in [3.8, 4) is 0 Å². The third-order valence-corrected chi connectivity index (χ3v) is 3.96. The molecule has 0 saturated carbocycles. The van der Waals surface area contributed by atoms with E-state index in [9.17, 15) is 27.2 Å². The summed E-state index contributed by atoms with van der Waals surface area (Å²) in [7, 11) is 0. The molecule has 1 N–H and O–H groups in total. The molecule has 1 aliphatic rings. The van der Waals surface area contributed by atoms with Gasteiger partial charge in [-0.05, 0) is 18.2 Å². The minimum Gasteiger partial charge on any atom is -0.351 e. The minimum atomic E-state index is -4.90. The van der Waals surface area contributed by atoms with Crippen LogP contribution in [0.1, 0.15) is 26.3 Å². The van der Waals surface area contributed by atoms with Gasteiger partial charge < -0.3 is 5.32 Å². The van der Waals surface area contributed by atoms with E-state index in [-0.39, 0.29) is 22.5 Å². The fraction of sp³-hybridized carbons (Fsp3) is 0.0588. The maximum absolute atomic E-state index is 13.3. The molecule has 0 atom stereocenters. The predicted octanol–water partition coefficient (Wildman–Crippen LogP) is 4.79. The quantitative estimate of drug-likeness (QED) is 0.774. The van der Waals surface area contributed by atoms with E-state index in [4.69, 9.17) is 11.6 Å². The van der Waals surface area contributed by atoms with Crippen LogP contribution < -0.4 is 5.32 Å². The lowest BCUT2D eigenvalue weighted by Gasteiger charge is -2.19. The lowest BCUT2D eigenvalue weighted by atomic mass is 9.92. The number of halogens is 5. The van der Waals surface area contributed by atoms with E-state index in [1.54, 1.807) is 12.1 Å². The van der Waals surface area contributed by atoms with Gasteiger partial charge in [0.2, 0.25) is 11.6 Å². The Morgan fingerprint density at radius 1 is 0.920 bits per heavy atom. The summed E-state index contributed by atoms with van der Waals surface area (Å²) in [4.78, 5) is 24.7. The summed E-state index contributed by atoms with van der Waals surface area (Å²) in [6, 6.07) is 8.07. The Hall–Kier alpha value is -2.67. The summed E-state index contributed by atoms with van der Waals surface area (Å²) >= 11 is 5.92. The molecule has 0 fully saturated rings. The second-order valence-corrected chi connectivity index (χ2v) is 5.59. The van der Waals surface area contributed by atoms with E-state index >= 15 is 0 Å². The number of benzene rings is 2. The maximum Gasteiger partial charge on any atom is 0.419 e. The number of Topliss-reactive ketones (excluding diaryl/α,β-unsaturated/α-hetero) is 2. The van der Waals surface area contributed by atoms with Crippen LogP contribution in [0.2, 0.25) is 0 Å². The number of alkyl halides is 3. The molecule has 3 rings (SSSR count). The molecule has 128 valence electrons. The van der Waals surface area contributed by atoms with Crippen LogP contribution in [0.3, 0.4) is 0 Å². The molecule has 3 nitrogen and oxygen atoms in total. The van der Waals surface area contributed by atoms with E-state index in [1.165, 1.54) is 12.1 Å². The number of hydrogen-bond donors (Lipinski definition) is 1. The maximum atomic E-state index is 13.3. The predicted molar refractivity (Wildman–Crippen MR) is 83.0 cm³/mol. The zero-order chi connectivity index (χ0) is 18.4. The molecule has 0 aliphatic heterocycles. The van der Waals surface area contributed by atoms with Crippen molar-refractivity contribution in [1.29, 1.82) is 0 Å². The monoisotopic (exact) mass is 369 g/mol. The van der Waals surface area contributed by atoms with Crippen molar-refractivity contribution >= 4 is 28.9 Å². The first-order valence-corrected chi connectivity index (χ1v) is 7.30. The summed E-state index contributed by atoms with van der Waals surface area (Å²) in [5.74, 6) is -2.72. The minimum absolute atomic E-state index is 0.0811. The molecule has 0 saturated heterocycles. The summed E-state index contributed by atoms with van der Waals surface area (Å²) in [5.41, 5.74) is -1.88. The number of nitrogens with one attached hydrogen (secondary N) is 1. The zero-order valence-corrected chi connectivity index (χ0v) is 13.0. The highest BCUT2D eigenvalue weighted by Crippen LogP contribution is 2.34. The number of fused-ring (bicyclic) bond motifs is 1. The van der Waals surface area contributed by atoms with Crippen LogP contribution in [0.15, 0.2) is 53.2 Å². The smallest absolute Gasteiger partial charge is 0.351 e. The van der Waals surface area contributed by atoms with Crippen molar-refractivity contribution in [1.82, 2.24) is 0 Å². The highest BCUT2D eigenvalue weighted by Gasteiger charge is 2.35. The molecule has 2 aromatic rings. The van der Waals surface area contributed by atoms with E-state index in [0.29, 0.717) is 12.1 Å². The molecule has 0 aromatic heterocycles. The first-order valence-electron chi connectivity index (χ1n) is 6.92. The largest absolute Gasteiger partial charge is 0.419 e. The van der Waals surface area contributed by atoms with Gasteiger partial charge in [-0.1, -0.05) is 35.9 Å². The molecule has 25 heavy (non-hydrogen) atoms. The molecule has 2 aromatic carbocycles. The van der Waals surface area contributed by atoms with Gasteiger partial charge in [0, 0.05) is 16.8 Å². The van der Waals surface area contributed by atoms with Crippen LogP contribution >= 0.6 is 11.6 Å². The summed E-state index contributed by atoms with van der Waals surface area (Å²) < 4.78 is 51.7. The second kappa shape index (κ2) is 6.00. The van der Waals surface area contributed by atoms with Gasteiger partial charge in [0.05, 0.1) is 5.56 Å². The molecule has 0 unspecified atom stereocenters. The van der Waals surface area contributed by atoms with Gasteiger partial charge in [-0.3, -0.25) is 9.59 Å². The number of hydrogen-bond acceptors (Lipinski definition) is 3. The van der Waals surface area contributed by atoms with Crippen LogP contribution in [0.4, 0.5) is 23.2 Å². The van der Waals surface area contributed by atoms with Gasteiger partial charge in [-0.25, -0.2) is 4.39 Å². The number of anilines is 1. The number of carbonyl (C=O) groups is 2. The zero-order valence-electron chi connectivity index (χ0n) is 12.2. The van der Waals surface area contributed by atoms with E-state index < -0.39 is 34.2 Å². The fourth-order valence-corrected chi connectivity index (χ4v) is 2.66. The molecule has 1 aliphatic carbocycles. The van der Waals surface area contributed by atoms with E-state index in [1.807, 2.05) is 0 Å². The van der Waals surface area contributed by atoms with Crippen LogP contribution in [0, 0.1) is 5.82 Å². The van der Waals surface area contributed by atoms with Gasteiger partial charge >= 0.3 is 6.18 Å². The van der Waals surface area contributed by atoms with Crippen molar-refractivity contribution in [2.45, 2.75) is 6.18 Å². The van der Waals surface area contributed by atoms with Gasteiger partial charge in [0.25, 0.3) is 0 Å². The highest BCUT2D eigenvalue weighted by atomic mass is 35.5. The Morgan fingerprint density at radius 3 is 2.12 bits per heavy atom. The Morgan fingerprint density at radius 2 is 1.52 bits per heavy atom. The number of ketones is 2. The van der Waals surface area contributed by atoms with Crippen LogP contribution in [-0.4, -0.2) is 11.6 Å². The van der Waals surface area contributed by atoms with Gasteiger partial charge in [0.1, 0.15) is 16.5 Å². The van der Waals surface area contributed by atoms with Crippen molar-refractivity contribution < 1.29 is 27.2 Å². The lowest BCUT2D eigenvalue weighted by molar-refractivity contribution is -0.139. The van der Waals surface area contributed by atoms with Crippen LogP contribution in [0.25, 0.3) is 0 Å². The first kappa shape index (κ1) is 17.2. The van der Waals surface area contributed by atoms with Gasteiger partial charge in [0.15, 0.2) is 0 Å². The summed E-state index contributed by atoms with van der Waals surface area (Å²) in [6.07, 6.45) is -4.90. The average molecular weight is 370 g/mol. The Bertz CT molecular complexity index is 934. The fourth-order valence-electron chi connectivity index (χ4n) is 2.42. The molecule has 8 heteroatoms. The Kier molecular flexibility index (Phi) is 4.12. The van der Waals surface area contributed by atoms with E-state index in [0.717, 1.165) is 6.07 Å². The molecule has 0 spiro atoms. The topological polar surface area (TPSA) is 46.2 Å². The molecular formula is C17H8ClF4NO2. The Labute approximate surface area is 143 Å². The standard InChI is InChI=1S/C17H8ClF4NO2/c18-13-14(16(25)10-4-2-1-3-9(10)15(13)24)23-8-5-6-12(19)11(7-8)17(20,21)22/h1-7,23H. The Balaban J connectivity index is 2.03. The van der Waals surface area contributed by atoms with Crippen molar-refractivity contribution in [2.24, 2.45) is 0 Å². The lowest BCUT2D eigenvalue weighted by Crippen LogP contribution is -2.24. The molecule has 0 amide bonds. The van der Waals surface area contributed by atoms with Crippen molar-refractivity contribution in [2.75, 3.05) is 5.32 Å². The van der Waals surface area contributed by atoms with Crippen LogP contribution in [-0.2, 0) is 6.18 Å². The van der Waals surface area contributed by atoms with Crippen LogP contribution in [0.5, 0.6) is 0 Å². The SMILES string of the molecule is O=C1C(Cl)=C(Nc2ccc(F)c(C(F)(F)F)c2)C(=O)c2ccccc21. The molecular weight excluding hydrogens is 362 g/mol. The third-order valence-electron chi connectivity index (χ3n) is 3.60. The highest BCUT2D eigenvalue weighted by molar-refractivity contribution is 6.50. The molecule has 0 radical (unpaired) electrons. The van der Waals surface area contributed by atoms with Gasteiger partial charge in [-0.15, -0.1) is 0 Å². The molecule has 0 heterocycles. The number of carbonyl (C=O) groups excluding carboxylic acids is 2. The second-order valence-electron chi connectivity index (χ2n) is 5.21. The number of allylic oxidation sites excluding steroid dienone is 2. The van der Waals surface area contributed by atoms with E-state index in [2.05, 4.69) is 5.32 Å². The van der Waals surface area contributed by atoms with Gasteiger partial charge in [-0.2, -0.15) is 13.2 Å². The molecule has 0 bridgehead atoms. The third kappa shape index (κ3) is 3.02. The van der Waals surface area contributed by atoms with Crippen molar-refractivity contribution in [3.63, 3.8) is 0 Å². The summed E-state index contributed by atoms with van der Waals surface area (Å²) in [5, 5.41) is 1.96. The van der Waals surface area contributed by atoms with Crippen molar-refractivity contribution in [3.05, 3.63) is 75.7 Å². The first-order chi connectivity index (χ1) is 11.7. The summed E-state index contributed by atoms with van der Waals surface area (Å²) in [6.45, 7) is 0. The normalized spacial score (nSPS) is 14.6. The number of rotatable bonds is 2. The average Bonchev–Trinajstić information content (AvgIpc) is 2.57.